The van der Waals surface area contributed by atoms with Gasteiger partial charge in [0, 0.05) is 18.9 Å². The molecule has 3 N–H and O–H groups in total. The van der Waals surface area contributed by atoms with E-state index in [0.29, 0.717) is 6.54 Å². The van der Waals surface area contributed by atoms with Gasteiger partial charge in [0.05, 0.1) is 11.4 Å². The Balaban J connectivity index is 2.22. The third kappa shape index (κ3) is 5.07. The number of pyridine rings is 1. The number of nitrogens with two attached hydrogens (primary N) is 1. The van der Waals surface area contributed by atoms with Crippen LogP contribution in [0.2, 0.25) is 0 Å². The molecule has 4 nitrogen and oxygen atoms in total. The van der Waals surface area contributed by atoms with Crippen molar-refractivity contribution in [2.45, 2.75) is 12.8 Å². The lowest BCUT2D eigenvalue weighted by atomic mass is 10.2. The molecule has 1 rings (SSSR count). The molecule has 0 aliphatic carbocycles. The Labute approximate surface area is 93.9 Å². The second kappa shape index (κ2) is 6.08. The maximum absolute atomic E-state index is 11.2. The molecule has 0 aliphatic heterocycles. The molecular formula is C10H13N3OS. The van der Waals surface area contributed by atoms with Gasteiger partial charge in [0.2, 0.25) is 5.91 Å². The smallest absolute Gasteiger partial charge is 0.226 e. The molecule has 0 saturated carbocycles. The van der Waals surface area contributed by atoms with Gasteiger partial charge in [-0.3, -0.25) is 9.78 Å². The van der Waals surface area contributed by atoms with E-state index in [0.717, 1.165) is 12.0 Å². The zero-order valence-corrected chi connectivity index (χ0v) is 9.09. The number of thiocarbonyl (C=S) groups is 1. The zero-order chi connectivity index (χ0) is 11.1. The highest BCUT2D eigenvalue weighted by atomic mass is 32.1. The maximum Gasteiger partial charge on any atom is 0.226 e. The molecule has 1 aromatic heterocycles. The molecule has 15 heavy (non-hydrogen) atoms. The summed E-state index contributed by atoms with van der Waals surface area (Å²) in [5.74, 6) is -0.128. The lowest BCUT2D eigenvalue weighted by molar-refractivity contribution is -0.119. The summed E-state index contributed by atoms with van der Waals surface area (Å²) >= 11 is 4.62. The summed E-state index contributed by atoms with van der Waals surface area (Å²) in [6.45, 7) is 0.589. The first-order chi connectivity index (χ1) is 7.18. The Bertz CT molecular complexity index is 340. The van der Waals surface area contributed by atoms with Gasteiger partial charge in [-0.05, 0) is 24.1 Å². The normalized spacial score (nSPS) is 9.60. The van der Waals surface area contributed by atoms with Crippen LogP contribution in [-0.2, 0) is 11.2 Å². The fraction of sp³-hybridized carbons (Fsp3) is 0.300. The molecule has 0 spiro atoms. The van der Waals surface area contributed by atoms with Crippen molar-refractivity contribution in [1.29, 1.82) is 0 Å². The maximum atomic E-state index is 11.2. The van der Waals surface area contributed by atoms with Crippen molar-refractivity contribution >= 4 is 23.1 Å². The molecule has 0 bridgehead atoms. The monoisotopic (exact) mass is 223 g/mol. The molecule has 0 fully saturated rings. The fourth-order valence-corrected chi connectivity index (χ4v) is 1.25. The van der Waals surface area contributed by atoms with Crippen LogP contribution in [0.5, 0.6) is 0 Å². The lowest BCUT2D eigenvalue weighted by Crippen LogP contribution is -2.29. The van der Waals surface area contributed by atoms with Gasteiger partial charge in [0.25, 0.3) is 0 Å². The molecular weight excluding hydrogens is 210 g/mol. The number of hydrogen-bond donors (Lipinski definition) is 2. The second-order valence-corrected chi connectivity index (χ2v) is 3.62. The van der Waals surface area contributed by atoms with E-state index in [9.17, 15) is 4.79 Å². The Morgan fingerprint density at radius 3 is 2.73 bits per heavy atom. The number of amides is 1. The molecule has 0 unspecified atom stereocenters. The standard InChI is InChI=1S/C10H13N3OS/c11-9(15)7-10(14)13-6-3-8-1-4-12-5-2-8/h1-2,4-5H,3,6-7H2,(H2,11,15)(H,13,14). The second-order valence-electron chi connectivity index (χ2n) is 3.10. The average Bonchev–Trinajstić information content (AvgIpc) is 2.18. The molecule has 1 heterocycles. The van der Waals surface area contributed by atoms with Gasteiger partial charge in [-0.15, -0.1) is 0 Å². The number of nitrogens with zero attached hydrogens (tertiary/aromatic N) is 1. The van der Waals surface area contributed by atoms with Gasteiger partial charge in [0.15, 0.2) is 0 Å². The van der Waals surface area contributed by atoms with E-state index in [2.05, 4.69) is 22.5 Å². The summed E-state index contributed by atoms with van der Waals surface area (Å²) in [5.41, 5.74) is 6.38. The molecule has 0 radical (unpaired) electrons. The number of hydrogen-bond acceptors (Lipinski definition) is 3. The molecule has 1 amide bonds. The van der Waals surface area contributed by atoms with Crippen molar-refractivity contribution in [3.63, 3.8) is 0 Å². The van der Waals surface area contributed by atoms with Crippen LogP contribution < -0.4 is 11.1 Å². The number of carbonyl (C=O) groups excluding carboxylic acids is 1. The van der Waals surface area contributed by atoms with E-state index < -0.39 is 0 Å². The topological polar surface area (TPSA) is 68.0 Å². The van der Waals surface area contributed by atoms with Crippen LogP contribution >= 0.6 is 12.2 Å². The van der Waals surface area contributed by atoms with Crippen LogP contribution in [0, 0.1) is 0 Å². The Hall–Kier alpha value is -1.49. The summed E-state index contributed by atoms with van der Waals surface area (Å²) < 4.78 is 0. The minimum atomic E-state index is -0.128. The van der Waals surface area contributed by atoms with E-state index in [1.165, 1.54) is 0 Å². The number of nitrogens with one attached hydrogen (secondary N) is 1. The van der Waals surface area contributed by atoms with Crippen LogP contribution in [0.25, 0.3) is 0 Å². The Morgan fingerprint density at radius 2 is 2.13 bits per heavy atom. The predicted molar refractivity (Wildman–Crippen MR) is 62.4 cm³/mol. The van der Waals surface area contributed by atoms with E-state index in [1.807, 2.05) is 12.1 Å². The predicted octanol–water partition coefficient (Wildman–Crippen LogP) is 0.416. The van der Waals surface area contributed by atoms with Crippen LogP contribution in [0.4, 0.5) is 0 Å². The Morgan fingerprint density at radius 1 is 1.47 bits per heavy atom. The molecule has 0 atom stereocenters. The average molecular weight is 223 g/mol. The third-order valence-electron chi connectivity index (χ3n) is 1.82. The lowest BCUT2D eigenvalue weighted by Gasteiger charge is -2.04. The molecule has 80 valence electrons. The van der Waals surface area contributed by atoms with Crippen molar-refractivity contribution in [3.05, 3.63) is 30.1 Å². The summed E-state index contributed by atoms with van der Waals surface area (Å²) in [7, 11) is 0. The number of rotatable bonds is 5. The van der Waals surface area contributed by atoms with Crippen molar-refractivity contribution < 1.29 is 4.79 Å². The van der Waals surface area contributed by atoms with Gasteiger partial charge < -0.3 is 11.1 Å². The molecule has 5 heteroatoms. The highest BCUT2D eigenvalue weighted by Gasteiger charge is 2.01. The first-order valence-corrected chi connectivity index (χ1v) is 5.03. The van der Waals surface area contributed by atoms with Crippen molar-refractivity contribution in [2.75, 3.05) is 6.54 Å². The van der Waals surface area contributed by atoms with E-state index in [1.54, 1.807) is 12.4 Å². The van der Waals surface area contributed by atoms with E-state index >= 15 is 0 Å². The highest BCUT2D eigenvalue weighted by molar-refractivity contribution is 7.80. The van der Waals surface area contributed by atoms with Crippen LogP contribution in [0.15, 0.2) is 24.5 Å². The SMILES string of the molecule is NC(=S)CC(=O)NCCc1ccncc1. The minimum Gasteiger partial charge on any atom is -0.393 e. The largest absolute Gasteiger partial charge is 0.393 e. The van der Waals surface area contributed by atoms with E-state index in [-0.39, 0.29) is 17.3 Å². The van der Waals surface area contributed by atoms with Crippen LogP contribution in [0.1, 0.15) is 12.0 Å². The minimum absolute atomic E-state index is 0.117. The molecule has 0 aromatic carbocycles. The summed E-state index contributed by atoms with van der Waals surface area (Å²) in [4.78, 5) is 15.3. The summed E-state index contributed by atoms with van der Waals surface area (Å²) in [5, 5.41) is 2.74. The first kappa shape index (κ1) is 11.6. The van der Waals surface area contributed by atoms with Gasteiger partial charge in [-0.2, -0.15) is 0 Å². The van der Waals surface area contributed by atoms with Crippen LogP contribution in [-0.4, -0.2) is 22.4 Å². The first-order valence-electron chi connectivity index (χ1n) is 4.62. The van der Waals surface area contributed by atoms with Gasteiger partial charge in [-0.1, -0.05) is 12.2 Å². The summed E-state index contributed by atoms with van der Waals surface area (Å²) in [6, 6.07) is 3.83. The molecule has 0 saturated heterocycles. The highest BCUT2D eigenvalue weighted by Crippen LogP contribution is 1.95. The summed E-state index contributed by atoms with van der Waals surface area (Å²) in [6.07, 6.45) is 4.36. The van der Waals surface area contributed by atoms with Crippen molar-refractivity contribution in [3.8, 4) is 0 Å². The number of aromatic nitrogens is 1. The molecule has 1 aromatic rings. The van der Waals surface area contributed by atoms with Crippen molar-refractivity contribution in [1.82, 2.24) is 10.3 Å². The van der Waals surface area contributed by atoms with Crippen molar-refractivity contribution in [2.24, 2.45) is 5.73 Å². The molecule has 0 aliphatic rings. The fourth-order valence-electron chi connectivity index (χ4n) is 1.12. The van der Waals surface area contributed by atoms with Gasteiger partial charge in [-0.25, -0.2) is 0 Å². The van der Waals surface area contributed by atoms with E-state index in [4.69, 9.17) is 5.73 Å². The Kier molecular flexibility index (Phi) is 4.70. The number of carbonyl (C=O) groups is 1. The quantitative estimate of drug-likeness (QED) is 0.710. The zero-order valence-electron chi connectivity index (χ0n) is 8.27. The third-order valence-corrected chi connectivity index (χ3v) is 1.96. The van der Waals surface area contributed by atoms with Gasteiger partial charge >= 0.3 is 0 Å². The van der Waals surface area contributed by atoms with Gasteiger partial charge in [0.1, 0.15) is 0 Å². The van der Waals surface area contributed by atoms with Crippen LogP contribution in [0.3, 0.4) is 0 Å².